The second-order valence-electron chi connectivity index (χ2n) is 3.64. The summed E-state index contributed by atoms with van der Waals surface area (Å²) in [6.45, 7) is -0.285. The van der Waals surface area contributed by atoms with Crippen molar-refractivity contribution in [3.8, 4) is 0 Å². The summed E-state index contributed by atoms with van der Waals surface area (Å²) >= 11 is 8.73. The summed E-state index contributed by atoms with van der Waals surface area (Å²) in [6, 6.07) is 1.41. The molecule has 2 rings (SSSR count). The van der Waals surface area contributed by atoms with E-state index >= 15 is 0 Å². The van der Waals surface area contributed by atoms with Gasteiger partial charge in [0.15, 0.2) is 11.0 Å². The van der Waals surface area contributed by atoms with Crippen LogP contribution >= 0.6 is 27.5 Å². The molecule has 0 aliphatic carbocycles. The molecule has 18 heavy (non-hydrogen) atoms. The van der Waals surface area contributed by atoms with Crippen LogP contribution in [0.15, 0.2) is 10.5 Å². The molecule has 1 atom stereocenters. The first-order chi connectivity index (χ1) is 8.29. The molecule has 0 radical (unpaired) electrons. The second-order valence-corrected chi connectivity index (χ2v) is 6.50. The fourth-order valence-electron chi connectivity index (χ4n) is 1.59. The van der Waals surface area contributed by atoms with E-state index in [9.17, 15) is 17.1 Å². The predicted molar refractivity (Wildman–Crippen MR) is 65.5 cm³/mol. The largest absolute Gasteiger partial charge is 0.307 e. The molecule has 1 aliphatic heterocycles. The first kappa shape index (κ1) is 13.6. The fraction of sp³-hybridized carbons (Fsp3) is 0.375. The molecule has 0 N–H and O–H groups in total. The van der Waals surface area contributed by atoms with Crippen LogP contribution in [0.5, 0.6) is 0 Å². The van der Waals surface area contributed by atoms with Crippen molar-refractivity contribution >= 4 is 49.5 Å². The van der Waals surface area contributed by atoms with Crippen LogP contribution in [0.25, 0.3) is 0 Å². The molecule has 1 saturated heterocycles. The first-order valence-corrected chi connectivity index (χ1v) is 7.33. The quantitative estimate of drug-likeness (QED) is 0.744. The van der Waals surface area contributed by atoms with Crippen molar-refractivity contribution in [1.82, 2.24) is 10.2 Å². The number of hydrogen-bond donors (Lipinski definition) is 0. The van der Waals surface area contributed by atoms with Crippen LogP contribution in [0.4, 0.5) is 9.70 Å². The Morgan fingerprint density at radius 1 is 1.50 bits per heavy atom. The molecule has 1 aliphatic rings. The third-order valence-corrected chi connectivity index (χ3v) is 4.32. The van der Waals surface area contributed by atoms with E-state index in [1.54, 1.807) is 0 Å². The molecule has 0 spiro atoms. The van der Waals surface area contributed by atoms with Gasteiger partial charge in [-0.1, -0.05) is 11.6 Å². The zero-order valence-corrected chi connectivity index (χ0v) is 11.8. The summed E-state index contributed by atoms with van der Waals surface area (Å²) in [5.41, 5.74) is 0. The smallest absolute Gasteiger partial charge is 0.293 e. The Bertz CT molecular complexity index is 612. The number of amides is 1. The van der Waals surface area contributed by atoms with Gasteiger partial charge >= 0.3 is 10.2 Å². The highest BCUT2D eigenvalue weighted by Crippen LogP contribution is 2.30. The van der Waals surface area contributed by atoms with Crippen molar-refractivity contribution in [2.45, 2.75) is 11.7 Å². The van der Waals surface area contributed by atoms with Gasteiger partial charge in [-0.05, 0) is 22.0 Å². The van der Waals surface area contributed by atoms with Gasteiger partial charge in [-0.3, -0.25) is 9.69 Å². The monoisotopic (exact) mass is 357 g/mol. The number of rotatable bonds is 2. The second kappa shape index (κ2) is 4.71. The van der Waals surface area contributed by atoms with Crippen LogP contribution < -0.4 is 4.90 Å². The van der Waals surface area contributed by atoms with E-state index in [-0.39, 0.29) is 17.5 Å². The minimum Gasteiger partial charge on any atom is -0.293 e. The first-order valence-electron chi connectivity index (χ1n) is 4.71. The van der Waals surface area contributed by atoms with Crippen LogP contribution in [0, 0.1) is 0 Å². The summed E-state index contributed by atoms with van der Waals surface area (Å²) in [7, 11) is -4.75. The predicted octanol–water partition coefficient (Wildman–Crippen LogP) is 1.30. The average molecular weight is 359 g/mol. The van der Waals surface area contributed by atoms with E-state index in [1.807, 2.05) is 0 Å². The molecular weight excluding hydrogens is 353 g/mol. The van der Waals surface area contributed by atoms with Crippen molar-refractivity contribution in [3.63, 3.8) is 0 Å². The highest BCUT2D eigenvalue weighted by atomic mass is 79.9. The SMILES string of the molecule is O=C1CC(S(=O)(=O)F)CN1c1nnc(Cl)cc1Br. The zero-order valence-electron chi connectivity index (χ0n) is 8.68. The molecule has 0 saturated carbocycles. The Morgan fingerprint density at radius 3 is 2.67 bits per heavy atom. The third kappa shape index (κ3) is 2.62. The number of hydrogen-bond acceptors (Lipinski definition) is 5. The van der Waals surface area contributed by atoms with Gasteiger partial charge in [0.25, 0.3) is 0 Å². The number of anilines is 1. The zero-order chi connectivity index (χ0) is 13.5. The standard InChI is InChI=1S/C8H6BrClFN3O3S/c9-5-2-6(10)12-13-8(5)14-3-4(1-7(14)15)18(11,16)17/h2,4H,1,3H2. The van der Waals surface area contributed by atoms with E-state index in [2.05, 4.69) is 26.1 Å². The van der Waals surface area contributed by atoms with Crippen molar-refractivity contribution in [1.29, 1.82) is 0 Å². The molecule has 1 aromatic heterocycles. The maximum absolute atomic E-state index is 12.8. The Labute approximate surface area is 115 Å². The van der Waals surface area contributed by atoms with E-state index < -0.39 is 27.8 Å². The molecule has 98 valence electrons. The third-order valence-electron chi connectivity index (χ3n) is 2.44. The van der Waals surface area contributed by atoms with Gasteiger partial charge in [0, 0.05) is 13.0 Å². The maximum Gasteiger partial charge on any atom is 0.307 e. The van der Waals surface area contributed by atoms with Crippen LogP contribution in [0.1, 0.15) is 6.42 Å². The molecule has 1 unspecified atom stereocenters. The minimum absolute atomic E-state index is 0.118. The van der Waals surface area contributed by atoms with Crippen molar-refractivity contribution < 1.29 is 17.1 Å². The number of halogens is 3. The lowest BCUT2D eigenvalue weighted by molar-refractivity contribution is -0.117. The number of nitrogens with zero attached hydrogens (tertiary/aromatic N) is 3. The van der Waals surface area contributed by atoms with E-state index in [1.165, 1.54) is 6.07 Å². The van der Waals surface area contributed by atoms with Gasteiger partial charge in [-0.25, -0.2) is 0 Å². The Kier molecular flexibility index (Phi) is 3.56. The Morgan fingerprint density at radius 2 is 2.17 bits per heavy atom. The Balaban J connectivity index is 2.33. The fourth-order valence-corrected chi connectivity index (χ4v) is 3.05. The number of carbonyl (C=O) groups is 1. The molecule has 6 nitrogen and oxygen atoms in total. The van der Waals surface area contributed by atoms with E-state index in [4.69, 9.17) is 11.6 Å². The van der Waals surface area contributed by atoms with Gasteiger partial charge < -0.3 is 0 Å². The highest BCUT2D eigenvalue weighted by molar-refractivity contribution is 9.10. The summed E-state index contributed by atoms with van der Waals surface area (Å²) in [6.07, 6.45) is -0.407. The normalized spacial score (nSPS) is 20.5. The lowest BCUT2D eigenvalue weighted by Crippen LogP contribution is -2.28. The summed E-state index contributed by atoms with van der Waals surface area (Å²) in [5, 5.41) is 5.99. The average Bonchev–Trinajstić information content (AvgIpc) is 2.60. The van der Waals surface area contributed by atoms with Crippen LogP contribution in [0.2, 0.25) is 5.15 Å². The van der Waals surface area contributed by atoms with Crippen molar-refractivity contribution in [2.75, 3.05) is 11.4 Å². The van der Waals surface area contributed by atoms with Gasteiger partial charge in [0.05, 0.1) is 4.47 Å². The van der Waals surface area contributed by atoms with Gasteiger partial charge in [0.1, 0.15) is 5.25 Å². The van der Waals surface area contributed by atoms with Crippen molar-refractivity contribution in [3.05, 3.63) is 15.7 Å². The van der Waals surface area contributed by atoms with Crippen LogP contribution in [-0.4, -0.2) is 36.3 Å². The van der Waals surface area contributed by atoms with Crippen LogP contribution in [-0.2, 0) is 15.0 Å². The topological polar surface area (TPSA) is 80.2 Å². The van der Waals surface area contributed by atoms with Crippen molar-refractivity contribution in [2.24, 2.45) is 0 Å². The molecule has 0 aromatic carbocycles. The summed E-state index contributed by atoms with van der Waals surface area (Å²) in [5.74, 6) is -0.408. The highest BCUT2D eigenvalue weighted by Gasteiger charge is 2.40. The maximum atomic E-state index is 12.8. The number of aromatic nitrogens is 2. The van der Waals surface area contributed by atoms with Gasteiger partial charge in [-0.2, -0.15) is 8.42 Å². The number of carbonyl (C=O) groups excluding carboxylic acids is 1. The van der Waals surface area contributed by atoms with Gasteiger partial charge in [-0.15, -0.1) is 14.1 Å². The molecular formula is C8H6BrClFN3O3S. The van der Waals surface area contributed by atoms with E-state index in [0.717, 1.165) is 4.90 Å². The molecule has 1 aromatic rings. The van der Waals surface area contributed by atoms with E-state index in [0.29, 0.717) is 4.47 Å². The molecule has 10 heteroatoms. The molecule has 1 amide bonds. The summed E-state index contributed by atoms with van der Waals surface area (Å²) < 4.78 is 34.8. The lowest BCUT2D eigenvalue weighted by Gasteiger charge is -2.15. The summed E-state index contributed by atoms with van der Waals surface area (Å²) in [4.78, 5) is 12.7. The van der Waals surface area contributed by atoms with Gasteiger partial charge in [0.2, 0.25) is 5.91 Å². The molecule has 1 fully saturated rings. The molecule has 0 bridgehead atoms. The van der Waals surface area contributed by atoms with Crippen LogP contribution in [0.3, 0.4) is 0 Å². The Hall–Kier alpha value is -0.800. The minimum atomic E-state index is -4.75. The molecule has 2 heterocycles. The lowest BCUT2D eigenvalue weighted by atomic mass is 10.4.